The zero-order valence-corrected chi connectivity index (χ0v) is 17.9. The van der Waals surface area contributed by atoms with Gasteiger partial charge in [-0.05, 0) is 31.2 Å². The van der Waals surface area contributed by atoms with Crippen molar-refractivity contribution in [2.24, 2.45) is 5.92 Å². The molecule has 1 amide bonds. The van der Waals surface area contributed by atoms with Crippen molar-refractivity contribution in [3.8, 4) is 0 Å². The SMILES string of the molecule is Cc1noc([C@]23C[C@H](NC(=O)COCc4ccccc4)CC2CN(S(C)(=O)=O)C3)n1. The number of carbonyl (C=O) groups is 1. The van der Waals surface area contributed by atoms with Gasteiger partial charge in [0.25, 0.3) is 0 Å². The van der Waals surface area contributed by atoms with Crippen molar-refractivity contribution in [3.63, 3.8) is 0 Å². The number of nitrogens with zero attached hydrogens (tertiary/aromatic N) is 3. The van der Waals surface area contributed by atoms with Gasteiger partial charge < -0.3 is 14.6 Å². The van der Waals surface area contributed by atoms with Crippen LogP contribution in [0.1, 0.15) is 30.1 Å². The number of aromatic nitrogens is 2. The number of fused-ring (bicyclic) bond motifs is 1. The Kier molecular flexibility index (Phi) is 5.65. The number of aryl methyl sites for hydroxylation is 1. The summed E-state index contributed by atoms with van der Waals surface area (Å²) in [5.74, 6) is 0.779. The molecule has 1 saturated heterocycles. The van der Waals surface area contributed by atoms with E-state index in [-0.39, 0.29) is 31.0 Å². The van der Waals surface area contributed by atoms with Crippen LogP contribution in [-0.4, -0.2) is 60.8 Å². The molecule has 0 radical (unpaired) electrons. The molecular weight excluding hydrogens is 408 g/mol. The van der Waals surface area contributed by atoms with Crippen molar-refractivity contribution in [3.05, 3.63) is 47.6 Å². The number of carbonyl (C=O) groups excluding carboxylic acids is 1. The first kappa shape index (κ1) is 21.0. The lowest BCUT2D eigenvalue weighted by Crippen LogP contribution is -2.40. The first-order chi connectivity index (χ1) is 14.3. The molecular formula is C20H26N4O5S. The predicted molar refractivity (Wildman–Crippen MR) is 108 cm³/mol. The molecule has 2 aliphatic rings. The van der Waals surface area contributed by atoms with Crippen molar-refractivity contribution < 1.29 is 22.5 Å². The zero-order chi connectivity index (χ0) is 21.4. The lowest BCUT2D eigenvalue weighted by molar-refractivity contribution is -0.126. The van der Waals surface area contributed by atoms with Crippen molar-refractivity contribution in [2.75, 3.05) is 26.0 Å². The first-order valence-corrected chi connectivity index (χ1v) is 11.8. The van der Waals surface area contributed by atoms with Gasteiger partial charge in [-0.2, -0.15) is 4.98 Å². The zero-order valence-electron chi connectivity index (χ0n) is 17.1. The van der Waals surface area contributed by atoms with Crippen LogP contribution in [0.5, 0.6) is 0 Å². The number of benzene rings is 1. The van der Waals surface area contributed by atoms with Gasteiger partial charge in [0.2, 0.25) is 21.8 Å². The van der Waals surface area contributed by atoms with E-state index in [1.807, 2.05) is 30.3 Å². The fourth-order valence-electron chi connectivity index (χ4n) is 4.62. The summed E-state index contributed by atoms with van der Waals surface area (Å²) in [6.07, 6.45) is 2.41. The Morgan fingerprint density at radius 2 is 2.13 bits per heavy atom. The Balaban J connectivity index is 1.39. The molecule has 3 atom stereocenters. The van der Waals surface area contributed by atoms with E-state index in [0.717, 1.165) is 5.56 Å². The number of rotatable bonds is 7. The topological polar surface area (TPSA) is 115 Å². The molecule has 2 heterocycles. The molecule has 0 bridgehead atoms. The maximum Gasteiger partial charge on any atom is 0.246 e. The van der Waals surface area contributed by atoms with Crippen LogP contribution in [0.25, 0.3) is 0 Å². The summed E-state index contributed by atoms with van der Waals surface area (Å²) in [7, 11) is -3.33. The van der Waals surface area contributed by atoms with E-state index in [1.54, 1.807) is 6.92 Å². The van der Waals surface area contributed by atoms with Crippen molar-refractivity contribution in [1.29, 1.82) is 0 Å². The van der Waals surface area contributed by atoms with Crippen LogP contribution < -0.4 is 5.32 Å². The fourth-order valence-corrected chi connectivity index (χ4v) is 5.54. The highest BCUT2D eigenvalue weighted by atomic mass is 32.2. The molecule has 1 aliphatic carbocycles. The van der Waals surface area contributed by atoms with Crippen LogP contribution in [-0.2, 0) is 31.6 Å². The Bertz CT molecular complexity index is 1010. The Labute approximate surface area is 175 Å². The summed E-state index contributed by atoms with van der Waals surface area (Å²) in [4.78, 5) is 16.8. The van der Waals surface area contributed by atoms with Gasteiger partial charge in [0.05, 0.1) is 18.3 Å². The smallest absolute Gasteiger partial charge is 0.246 e. The minimum atomic E-state index is -3.33. The maximum atomic E-state index is 12.4. The summed E-state index contributed by atoms with van der Waals surface area (Å²) < 4.78 is 36.7. The van der Waals surface area contributed by atoms with Crippen molar-refractivity contribution in [2.45, 2.75) is 37.8 Å². The van der Waals surface area contributed by atoms with E-state index < -0.39 is 15.4 Å². The molecule has 0 spiro atoms. The van der Waals surface area contributed by atoms with Crippen LogP contribution >= 0.6 is 0 Å². The van der Waals surface area contributed by atoms with E-state index >= 15 is 0 Å². The van der Waals surface area contributed by atoms with E-state index in [1.165, 1.54) is 10.6 Å². The molecule has 1 aromatic carbocycles. The lowest BCUT2D eigenvalue weighted by atomic mass is 9.80. The van der Waals surface area contributed by atoms with Crippen molar-refractivity contribution >= 4 is 15.9 Å². The van der Waals surface area contributed by atoms with Crippen LogP contribution in [0, 0.1) is 12.8 Å². The minimum Gasteiger partial charge on any atom is -0.367 e. The molecule has 10 heteroatoms. The molecule has 2 aromatic rings. The third kappa shape index (κ3) is 4.26. The molecule has 4 rings (SSSR count). The summed E-state index contributed by atoms with van der Waals surface area (Å²) in [6, 6.07) is 9.57. The van der Waals surface area contributed by atoms with Gasteiger partial charge in [-0.1, -0.05) is 35.5 Å². The summed E-state index contributed by atoms with van der Waals surface area (Å²) >= 11 is 0. The van der Waals surface area contributed by atoms with E-state index in [9.17, 15) is 13.2 Å². The summed E-state index contributed by atoms with van der Waals surface area (Å²) in [6.45, 7) is 2.75. The van der Waals surface area contributed by atoms with Gasteiger partial charge in [0.1, 0.15) is 6.61 Å². The van der Waals surface area contributed by atoms with Crippen LogP contribution in [0.3, 0.4) is 0 Å². The standard InChI is InChI=1S/C20H26N4O5S/c1-14-21-19(29-23-14)20-9-17(8-16(20)10-24(13-20)30(2,26)27)22-18(25)12-28-11-15-6-4-3-5-7-15/h3-7,16-17H,8-13H2,1-2H3,(H,22,25)/t16?,17-,20+/m1/s1. The monoisotopic (exact) mass is 434 g/mol. The van der Waals surface area contributed by atoms with Crippen LogP contribution in [0.15, 0.2) is 34.9 Å². The van der Waals surface area contributed by atoms with Gasteiger partial charge in [-0.25, -0.2) is 12.7 Å². The third-order valence-electron chi connectivity index (χ3n) is 5.98. The largest absolute Gasteiger partial charge is 0.367 e. The number of sulfonamides is 1. The second-order valence-corrected chi connectivity index (χ2v) is 10.2. The predicted octanol–water partition coefficient (Wildman–Crippen LogP) is 1.00. The maximum absolute atomic E-state index is 12.4. The van der Waals surface area contributed by atoms with Crippen LogP contribution in [0.4, 0.5) is 0 Å². The van der Waals surface area contributed by atoms with Gasteiger partial charge in [0, 0.05) is 19.1 Å². The summed E-state index contributed by atoms with van der Waals surface area (Å²) in [5.41, 5.74) is 0.431. The van der Waals surface area contributed by atoms with Gasteiger partial charge in [-0.3, -0.25) is 4.79 Å². The normalized spacial score (nSPS) is 26.6. The average Bonchev–Trinajstić information content (AvgIpc) is 3.35. The van der Waals surface area contributed by atoms with Gasteiger partial charge >= 0.3 is 0 Å². The second-order valence-electron chi connectivity index (χ2n) is 8.24. The lowest BCUT2D eigenvalue weighted by Gasteiger charge is -2.24. The molecule has 30 heavy (non-hydrogen) atoms. The number of amides is 1. The fraction of sp³-hybridized carbons (Fsp3) is 0.550. The van der Waals surface area contributed by atoms with E-state index in [0.29, 0.717) is 37.7 Å². The third-order valence-corrected chi connectivity index (χ3v) is 7.19. The quantitative estimate of drug-likeness (QED) is 0.691. The van der Waals surface area contributed by atoms with Gasteiger partial charge in [-0.15, -0.1) is 0 Å². The molecule has 1 N–H and O–H groups in total. The molecule has 1 aromatic heterocycles. The summed E-state index contributed by atoms with van der Waals surface area (Å²) in [5, 5.41) is 6.92. The molecule has 162 valence electrons. The highest BCUT2D eigenvalue weighted by Crippen LogP contribution is 2.50. The van der Waals surface area contributed by atoms with E-state index in [4.69, 9.17) is 9.26 Å². The highest BCUT2D eigenvalue weighted by Gasteiger charge is 2.58. The number of ether oxygens (including phenoxy) is 1. The molecule has 2 fully saturated rings. The first-order valence-electron chi connectivity index (χ1n) is 9.93. The molecule has 1 aliphatic heterocycles. The molecule has 9 nitrogen and oxygen atoms in total. The molecule has 1 unspecified atom stereocenters. The average molecular weight is 435 g/mol. The van der Waals surface area contributed by atoms with Crippen LogP contribution in [0.2, 0.25) is 0 Å². The molecule has 1 saturated carbocycles. The van der Waals surface area contributed by atoms with Crippen molar-refractivity contribution in [1.82, 2.24) is 19.8 Å². The number of nitrogens with one attached hydrogen (secondary N) is 1. The second kappa shape index (κ2) is 8.09. The highest BCUT2D eigenvalue weighted by molar-refractivity contribution is 7.88. The number of hydrogen-bond donors (Lipinski definition) is 1. The number of hydrogen-bond acceptors (Lipinski definition) is 7. The van der Waals surface area contributed by atoms with E-state index in [2.05, 4.69) is 15.5 Å². The Morgan fingerprint density at radius 3 is 2.80 bits per heavy atom. The minimum absolute atomic E-state index is 0.00242. The van der Waals surface area contributed by atoms with Gasteiger partial charge in [0.15, 0.2) is 5.82 Å². The Morgan fingerprint density at radius 1 is 1.37 bits per heavy atom. The Hall–Kier alpha value is -2.30.